The molecular weight excluding hydrogens is 356 g/mol. The van der Waals surface area contributed by atoms with Crippen molar-refractivity contribution in [2.24, 2.45) is 11.8 Å². The molecular formula is C27H44O2. The smallest absolute Gasteiger partial charge is 0.191 e. The molecule has 2 heteroatoms. The molecule has 0 unspecified atom stereocenters. The van der Waals surface area contributed by atoms with Crippen LogP contribution >= 0.6 is 0 Å². The highest BCUT2D eigenvalue weighted by Gasteiger charge is 2.34. The summed E-state index contributed by atoms with van der Waals surface area (Å²) >= 11 is 0. The summed E-state index contributed by atoms with van der Waals surface area (Å²) in [6.45, 7) is 8.33. The number of rotatable bonds is 10. The van der Waals surface area contributed by atoms with Gasteiger partial charge in [0.05, 0.1) is 13.2 Å². The topological polar surface area (TPSA) is 18.5 Å². The van der Waals surface area contributed by atoms with Crippen molar-refractivity contribution < 1.29 is 9.47 Å². The lowest BCUT2D eigenvalue weighted by Crippen LogP contribution is -2.39. The fourth-order valence-electron chi connectivity index (χ4n) is 5.26. The molecule has 1 heterocycles. The van der Waals surface area contributed by atoms with Crippen LogP contribution in [0.5, 0.6) is 0 Å². The van der Waals surface area contributed by atoms with E-state index in [2.05, 4.69) is 45.0 Å². The van der Waals surface area contributed by atoms with Crippen LogP contribution < -0.4 is 0 Å². The molecule has 2 aliphatic rings. The first-order valence-corrected chi connectivity index (χ1v) is 12.5. The summed E-state index contributed by atoms with van der Waals surface area (Å²) in [4.78, 5) is 0. The van der Waals surface area contributed by atoms with Gasteiger partial charge in [0, 0.05) is 11.5 Å². The van der Waals surface area contributed by atoms with Crippen LogP contribution in [0.2, 0.25) is 0 Å². The molecule has 1 saturated carbocycles. The lowest BCUT2D eigenvalue weighted by atomic mass is 9.77. The molecule has 0 bridgehead atoms. The van der Waals surface area contributed by atoms with Gasteiger partial charge >= 0.3 is 0 Å². The molecule has 0 radical (unpaired) electrons. The molecule has 0 N–H and O–H groups in total. The van der Waals surface area contributed by atoms with Gasteiger partial charge in [0.15, 0.2) is 5.79 Å². The molecule has 0 spiro atoms. The molecule has 2 fully saturated rings. The summed E-state index contributed by atoms with van der Waals surface area (Å²) in [5, 5.41) is 0. The normalized spacial score (nSPS) is 30.4. The van der Waals surface area contributed by atoms with Crippen molar-refractivity contribution >= 4 is 0 Å². The van der Waals surface area contributed by atoms with E-state index in [-0.39, 0.29) is 0 Å². The second kappa shape index (κ2) is 11.5. The van der Waals surface area contributed by atoms with Crippen LogP contribution in [0.15, 0.2) is 24.3 Å². The zero-order valence-corrected chi connectivity index (χ0v) is 19.3. The van der Waals surface area contributed by atoms with Gasteiger partial charge in [-0.05, 0) is 56.4 Å². The van der Waals surface area contributed by atoms with E-state index in [1.807, 2.05) is 0 Å². The first-order chi connectivity index (χ1) is 14.1. The number of hydrogen-bond acceptors (Lipinski definition) is 2. The lowest BCUT2D eigenvalue weighted by Gasteiger charge is -2.38. The Bertz CT molecular complexity index is 563. The van der Waals surface area contributed by atoms with E-state index in [0.717, 1.165) is 25.0 Å². The largest absolute Gasteiger partial charge is 0.346 e. The van der Waals surface area contributed by atoms with E-state index in [9.17, 15) is 0 Å². The average molecular weight is 401 g/mol. The third kappa shape index (κ3) is 6.56. The van der Waals surface area contributed by atoms with Crippen LogP contribution in [0.4, 0.5) is 0 Å². The van der Waals surface area contributed by atoms with E-state index in [1.54, 1.807) is 0 Å². The first-order valence-electron chi connectivity index (χ1n) is 12.5. The van der Waals surface area contributed by atoms with Gasteiger partial charge in [-0.1, -0.05) is 83.1 Å². The number of benzene rings is 1. The Kier molecular flexibility index (Phi) is 9.06. The Hall–Kier alpha value is -0.860. The number of unbranched alkanes of at least 4 members (excludes halogenated alkanes) is 4. The second-order valence-electron chi connectivity index (χ2n) is 9.76. The van der Waals surface area contributed by atoms with Crippen LogP contribution in [0.25, 0.3) is 0 Å². The van der Waals surface area contributed by atoms with Crippen LogP contribution in [0, 0.1) is 11.8 Å². The van der Waals surface area contributed by atoms with Crippen molar-refractivity contribution in [1.82, 2.24) is 0 Å². The Labute approximate surface area is 179 Å². The molecule has 1 saturated heterocycles. The molecule has 1 aromatic rings. The van der Waals surface area contributed by atoms with E-state index < -0.39 is 5.79 Å². The van der Waals surface area contributed by atoms with Gasteiger partial charge in [0.25, 0.3) is 0 Å². The maximum Gasteiger partial charge on any atom is 0.191 e. The summed E-state index contributed by atoms with van der Waals surface area (Å²) in [6.07, 6.45) is 16.2. The van der Waals surface area contributed by atoms with Gasteiger partial charge in [-0.2, -0.15) is 0 Å². The van der Waals surface area contributed by atoms with E-state index in [1.165, 1.54) is 88.2 Å². The maximum absolute atomic E-state index is 6.25. The van der Waals surface area contributed by atoms with Crippen molar-refractivity contribution in [3.8, 4) is 0 Å². The summed E-state index contributed by atoms with van der Waals surface area (Å²) in [5.74, 6) is 1.70. The fraction of sp³-hybridized carbons (Fsp3) is 0.778. The van der Waals surface area contributed by atoms with Crippen LogP contribution in [0.3, 0.4) is 0 Å². The third-order valence-corrected chi connectivity index (χ3v) is 7.36. The molecule has 0 atom stereocenters. The summed E-state index contributed by atoms with van der Waals surface area (Å²) in [5.41, 5.74) is 2.68. The van der Waals surface area contributed by atoms with Gasteiger partial charge in [-0.3, -0.25) is 0 Å². The van der Waals surface area contributed by atoms with Gasteiger partial charge < -0.3 is 9.47 Å². The van der Waals surface area contributed by atoms with Gasteiger partial charge in [0.1, 0.15) is 0 Å². The Morgan fingerprint density at radius 2 is 1.41 bits per heavy atom. The highest BCUT2D eigenvalue weighted by Crippen LogP contribution is 2.39. The zero-order valence-electron chi connectivity index (χ0n) is 19.3. The van der Waals surface area contributed by atoms with Crippen molar-refractivity contribution in [2.45, 2.75) is 110 Å². The Balaban J connectivity index is 1.45. The minimum Gasteiger partial charge on any atom is -0.346 e. The number of ether oxygens (including phenoxy) is 2. The molecule has 0 aromatic heterocycles. The fourth-order valence-corrected chi connectivity index (χ4v) is 5.26. The zero-order chi connectivity index (χ0) is 20.5. The summed E-state index contributed by atoms with van der Waals surface area (Å²) in [7, 11) is 0. The van der Waals surface area contributed by atoms with E-state index in [4.69, 9.17) is 9.47 Å². The quantitative estimate of drug-likeness (QED) is 0.371. The van der Waals surface area contributed by atoms with Gasteiger partial charge in [-0.15, -0.1) is 0 Å². The second-order valence-corrected chi connectivity index (χ2v) is 9.76. The molecule has 3 rings (SSSR count). The Morgan fingerprint density at radius 3 is 2.03 bits per heavy atom. The average Bonchev–Trinajstić information content (AvgIpc) is 2.76. The molecule has 1 aliphatic heterocycles. The molecule has 0 amide bonds. The highest BCUT2D eigenvalue weighted by molar-refractivity contribution is 5.28. The molecule has 29 heavy (non-hydrogen) atoms. The monoisotopic (exact) mass is 400 g/mol. The van der Waals surface area contributed by atoms with Crippen molar-refractivity contribution in [1.29, 1.82) is 0 Å². The van der Waals surface area contributed by atoms with Crippen LogP contribution in [-0.2, 0) is 15.3 Å². The highest BCUT2D eigenvalue weighted by atomic mass is 16.7. The van der Waals surface area contributed by atoms with Crippen LogP contribution in [-0.4, -0.2) is 13.2 Å². The Morgan fingerprint density at radius 1 is 0.759 bits per heavy atom. The summed E-state index contributed by atoms with van der Waals surface area (Å²) in [6, 6.07) is 9.16. The predicted molar refractivity (Wildman–Crippen MR) is 122 cm³/mol. The van der Waals surface area contributed by atoms with E-state index >= 15 is 0 Å². The standard InChI is InChI=1S/C27H44O2/c1-4-6-7-8-9-11-23-20-28-27(3,29-21-23)26-18-16-25(17-19-26)24-14-12-22(10-5-2)13-15-24/h16-19,22-24H,4-15,20-21H2,1-3H3/t22-,23-,24-,27-. The van der Waals surface area contributed by atoms with Gasteiger partial charge in [0.2, 0.25) is 0 Å². The van der Waals surface area contributed by atoms with Crippen LogP contribution in [0.1, 0.15) is 115 Å². The predicted octanol–water partition coefficient (Wildman–Crippen LogP) is 7.96. The van der Waals surface area contributed by atoms with Crippen molar-refractivity contribution in [3.63, 3.8) is 0 Å². The van der Waals surface area contributed by atoms with Crippen molar-refractivity contribution in [2.75, 3.05) is 13.2 Å². The molecule has 1 aliphatic carbocycles. The minimum atomic E-state index is -0.573. The van der Waals surface area contributed by atoms with E-state index in [0.29, 0.717) is 5.92 Å². The number of hydrogen-bond donors (Lipinski definition) is 0. The lowest BCUT2D eigenvalue weighted by molar-refractivity contribution is -0.282. The third-order valence-electron chi connectivity index (χ3n) is 7.36. The van der Waals surface area contributed by atoms with Crippen molar-refractivity contribution in [3.05, 3.63) is 35.4 Å². The molecule has 1 aromatic carbocycles. The maximum atomic E-state index is 6.25. The SMILES string of the molecule is CCCCCCC[C@H]1CO[C@](C)(c2ccc([C@H]3CC[C@H](CCC)CC3)cc2)OC1. The molecule has 2 nitrogen and oxygen atoms in total. The minimum absolute atomic E-state index is 0.558. The summed E-state index contributed by atoms with van der Waals surface area (Å²) < 4.78 is 12.5. The first kappa shape index (κ1) is 22.8. The van der Waals surface area contributed by atoms with Gasteiger partial charge in [-0.25, -0.2) is 0 Å². The molecule has 164 valence electrons.